The molecule has 7 nitrogen and oxygen atoms in total. The SMILES string of the molecule is COc1ccc(C#N)cc1NC(=O)CCn1cnc2ccc(Br)cc2c1=O. The highest BCUT2D eigenvalue weighted by Gasteiger charge is 2.10. The van der Waals surface area contributed by atoms with Crippen molar-refractivity contribution in [3.8, 4) is 11.8 Å². The van der Waals surface area contributed by atoms with E-state index in [1.54, 1.807) is 24.3 Å². The third-order valence-electron chi connectivity index (χ3n) is 3.97. The topological polar surface area (TPSA) is 97.0 Å². The van der Waals surface area contributed by atoms with Gasteiger partial charge in [0.1, 0.15) is 5.75 Å². The summed E-state index contributed by atoms with van der Waals surface area (Å²) in [7, 11) is 1.48. The Hall–Kier alpha value is -3.18. The van der Waals surface area contributed by atoms with Crippen LogP contribution in [0.2, 0.25) is 0 Å². The number of nitrogens with zero attached hydrogens (tertiary/aromatic N) is 3. The van der Waals surface area contributed by atoms with E-state index in [1.807, 2.05) is 12.1 Å². The van der Waals surface area contributed by atoms with Crippen molar-refractivity contribution >= 4 is 38.4 Å². The molecule has 0 saturated carbocycles. The van der Waals surface area contributed by atoms with Gasteiger partial charge in [-0.25, -0.2) is 4.98 Å². The zero-order valence-corrected chi connectivity index (χ0v) is 16.0. The van der Waals surface area contributed by atoms with Crippen molar-refractivity contribution in [3.63, 3.8) is 0 Å². The van der Waals surface area contributed by atoms with E-state index in [0.29, 0.717) is 27.9 Å². The first-order valence-electron chi connectivity index (χ1n) is 8.04. The number of nitriles is 1. The summed E-state index contributed by atoms with van der Waals surface area (Å²) in [5, 5.41) is 12.2. The lowest BCUT2D eigenvalue weighted by molar-refractivity contribution is -0.116. The van der Waals surface area contributed by atoms with Crippen LogP contribution in [0.25, 0.3) is 10.9 Å². The number of anilines is 1. The summed E-state index contributed by atoms with van der Waals surface area (Å²) >= 11 is 3.34. The molecule has 0 unspecified atom stereocenters. The lowest BCUT2D eigenvalue weighted by atomic mass is 10.2. The maximum atomic E-state index is 12.5. The maximum Gasteiger partial charge on any atom is 0.261 e. The summed E-state index contributed by atoms with van der Waals surface area (Å²) in [6.07, 6.45) is 1.50. The number of rotatable bonds is 5. The number of amides is 1. The molecule has 0 atom stereocenters. The van der Waals surface area contributed by atoms with Gasteiger partial charge in [-0.2, -0.15) is 5.26 Å². The molecule has 0 aliphatic carbocycles. The predicted molar refractivity (Wildman–Crippen MR) is 105 cm³/mol. The molecule has 0 spiro atoms. The van der Waals surface area contributed by atoms with Crippen molar-refractivity contribution < 1.29 is 9.53 Å². The molecule has 1 aromatic heterocycles. The van der Waals surface area contributed by atoms with Crippen LogP contribution in [-0.2, 0) is 11.3 Å². The Morgan fingerprint density at radius 3 is 2.89 bits per heavy atom. The molecule has 2 aromatic carbocycles. The number of ether oxygens (including phenoxy) is 1. The second-order valence-corrected chi connectivity index (χ2v) is 6.65. The average molecular weight is 427 g/mol. The van der Waals surface area contributed by atoms with Crippen molar-refractivity contribution in [2.24, 2.45) is 0 Å². The fraction of sp³-hybridized carbons (Fsp3) is 0.158. The zero-order valence-electron chi connectivity index (χ0n) is 14.4. The summed E-state index contributed by atoms with van der Waals surface area (Å²) in [5.41, 5.74) is 1.21. The molecular formula is C19H15BrN4O3. The molecule has 136 valence electrons. The minimum Gasteiger partial charge on any atom is -0.495 e. The van der Waals surface area contributed by atoms with Crippen molar-refractivity contribution in [2.75, 3.05) is 12.4 Å². The Kier molecular flexibility index (Phi) is 5.52. The smallest absolute Gasteiger partial charge is 0.261 e. The van der Waals surface area contributed by atoms with E-state index in [0.717, 1.165) is 4.47 Å². The minimum absolute atomic E-state index is 0.0705. The van der Waals surface area contributed by atoms with Gasteiger partial charge in [0.2, 0.25) is 5.91 Å². The number of benzene rings is 2. The van der Waals surface area contributed by atoms with Gasteiger partial charge in [-0.3, -0.25) is 14.2 Å². The lowest BCUT2D eigenvalue weighted by Gasteiger charge is -2.11. The van der Waals surface area contributed by atoms with E-state index in [-0.39, 0.29) is 24.4 Å². The molecule has 0 fully saturated rings. The first-order chi connectivity index (χ1) is 13.0. The van der Waals surface area contributed by atoms with Crippen molar-refractivity contribution in [3.05, 3.63) is 63.1 Å². The Balaban J connectivity index is 1.75. The normalized spacial score (nSPS) is 10.4. The summed E-state index contributed by atoms with van der Waals surface area (Å²) in [6.45, 7) is 0.181. The molecule has 0 saturated heterocycles. The molecule has 0 bridgehead atoms. The number of carbonyl (C=O) groups is 1. The van der Waals surface area contributed by atoms with E-state index in [2.05, 4.69) is 26.2 Å². The highest BCUT2D eigenvalue weighted by Crippen LogP contribution is 2.25. The third kappa shape index (κ3) is 4.15. The Labute approximate surface area is 163 Å². The first-order valence-corrected chi connectivity index (χ1v) is 8.84. The standard InChI is InChI=1S/C19H15BrN4O3/c1-27-17-5-2-12(10-21)8-16(17)23-18(25)6-7-24-11-22-15-4-3-13(20)9-14(15)19(24)26/h2-5,8-9,11H,6-7H2,1H3,(H,23,25). The quantitative estimate of drug-likeness (QED) is 0.675. The molecule has 0 aliphatic rings. The van der Waals surface area contributed by atoms with Crippen LogP contribution in [0.15, 0.2) is 52.0 Å². The van der Waals surface area contributed by atoms with Gasteiger partial charge in [-0.15, -0.1) is 0 Å². The number of methoxy groups -OCH3 is 1. The van der Waals surface area contributed by atoms with Crippen molar-refractivity contribution in [1.82, 2.24) is 9.55 Å². The fourth-order valence-corrected chi connectivity index (χ4v) is 2.96. The second-order valence-electron chi connectivity index (χ2n) is 5.73. The molecule has 0 radical (unpaired) electrons. The Bertz CT molecular complexity index is 1120. The highest BCUT2D eigenvalue weighted by molar-refractivity contribution is 9.10. The minimum atomic E-state index is -0.301. The monoisotopic (exact) mass is 426 g/mol. The summed E-state index contributed by atoms with van der Waals surface area (Å²) < 4.78 is 7.38. The van der Waals surface area contributed by atoms with Crippen LogP contribution in [0.3, 0.4) is 0 Å². The number of carbonyl (C=O) groups excluding carboxylic acids is 1. The molecular weight excluding hydrogens is 412 g/mol. The largest absolute Gasteiger partial charge is 0.495 e. The van der Waals surface area contributed by atoms with Gasteiger partial charge in [-0.05, 0) is 36.4 Å². The van der Waals surface area contributed by atoms with Gasteiger partial charge in [0.25, 0.3) is 5.56 Å². The van der Waals surface area contributed by atoms with Crippen molar-refractivity contribution in [2.45, 2.75) is 13.0 Å². The first kappa shape index (κ1) is 18.6. The van der Waals surface area contributed by atoms with Crippen LogP contribution >= 0.6 is 15.9 Å². The summed E-state index contributed by atoms with van der Waals surface area (Å²) in [4.78, 5) is 29.1. The van der Waals surface area contributed by atoms with Gasteiger partial charge in [0.05, 0.1) is 41.7 Å². The third-order valence-corrected chi connectivity index (χ3v) is 4.46. The number of hydrogen-bond acceptors (Lipinski definition) is 5. The van der Waals surface area contributed by atoms with E-state index in [4.69, 9.17) is 10.00 Å². The van der Waals surface area contributed by atoms with Crippen LogP contribution in [0.5, 0.6) is 5.75 Å². The summed E-state index contributed by atoms with van der Waals surface area (Å²) in [6, 6.07) is 12.1. The van der Waals surface area contributed by atoms with Gasteiger partial charge < -0.3 is 10.1 Å². The molecule has 3 aromatic rings. The van der Waals surface area contributed by atoms with Crippen LogP contribution in [0.4, 0.5) is 5.69 Å². The molecule has 0 aliphatic heterocycles. The lowest BCUT2D eigenvalue weighted by Crippen LogP contribution is -2.23. The molecule has 1 N–H and O–H groups in total. The summed E-state index contributed by atoms with van der Waals surface area (Å²) in [5.74, 6) is 0.154. The maximum absolute atomic E-state index is 12.5. The molecule has 8 heteroatoms. The molecule has 1 amide bonds. The Morgan fingerprint density at radius 2 is 2.15 bits per heavy atom. The highest BCUT2D eigenvalue weighted by atomic mass is 79.9. The van der Waals surface area contributed by atoms with Gasteiger partial charge in [-0.1, -0.05) is 15.9 Å². The average Bonchev–Trinajstić information content (AvgIpc) is 2.67. The van der Waals surface area contributed by atoms with Gasteiger partial charge in [0, 0.05) is 17.4 Å². The Morgan fingerprint density at radius 1 is 1.33 bits per heavy atom. The number of hydrogen-bond donors (Lipinski definition) is 1. The van der Waals surface area contributed by atoms with Crippen LogP contribution in [-0.4, -0.2) is 22.6 Å². The second kappa shape index (κ2) is 8.01. The number of aromatic nitrogens is 2. The van der Waals surface area contributed by atoms with Crippen LogP contribution in [0, 0.1) is 11.3 Å². The van der Waals surface area contributed by atoms with E-state index < -0.39 is 0 Å². The number of fused-ring (bicyclic) bond motifs is 1. The van der Waals surface area contributed by atoms with E-state index in [9.17, 15) is 9.59 Å². The van der Waals surface area contributed by atoms with Gasteiger partial charge >= 0.3 is 0 Å². The van der Waals surface area contributed by atoms with Crippen molar-refractivity contribution in [1.29, 1.82) is 5.26 Å². The molecule has 27 heavy (non-hydrogen) atoms. The van der Waals surface area contributed by atoms with E-state index in [1.165, 1.54) is 24.1 Å². The zero-order chi connectivity index (χ0) is 19.4. The number of aryl methyl sites for hydroxylation is 1. The van der Waals surface area contributed by atoms with Crippen LogP contribution in [0.1, 0.15) is 12.0 Å². The van der Waals surface area contributed by atoms with Crippen LogP contribution < -0.4 is 15.6 Å². The molecule has 1 heterocycles. The van der Waals surface area contributed by atoms with E-state index >= 15 is 0 Å². The molecule has 3 rings (SSSR count). The predicted octanol–water partition coefficient (Wildman–Crippen LogP) is 3.07. The van der Waals surface area contributed by atoms with Gasteiger partial charge in [0.15, 0.2) is 0 Å². The number of halogens is 1. The number of nitrogens with one attached hydrogen (secondary N) is 1. The fourth-order valence-electron chi connectivity index (χ4n) is 2.60.